The van der Waals surface area contributed by atoms with Gasteiger partial charge in [0.1, 0.15) is 5.76 Å². The first-order valence-electron chi connectivity index (χ1n) is 7.35. The smallest absolute Gasteiger partial charge is 0.105 e. The van der Waals surface area contributed by atoms with Crippen molar-refractivity contribution in [1.82, 2.24) is 5.32 Å². The second kappa shape index (κ2) is 7.53. The third kappa shape index (κ3) is 4.02. The van der Waals surface area contributed by atoms with Crippen LogP contribution in [0, 0.1) is 6.92 Å². The molecule has 1 N–H and O–H groups in total. The Bertz CT molecular complexity index is 580. The molecule has 0 aliphatic carbocycles. The van der Waals surface area contributed by atoms with Crippen molar-refractivity contribution >= 4 is 17.3 Å². The van der Waals surface area contributed by atoms with Gasteiger partial charge in [-0.3, -0.25) is 0 Å². The molecule has 0 spiro atoms. The summed E-state index contributed by atoms with van der Waals surface area (Å²) in [5, 5.41) is 4.24. The van der Waals surface area contributed by atoms with Gasteiger partial charge in [0.25, 0.3) is 0 Å². The van der Waals surface area contributed by atoms with Crippen molar-refractivity contribution in [3.8, 4) is 0 Å². The van der Waals surface area contributed by atoms with Crippen LogP contribution in [0.1, 0.15) is 30.2 Å². The van der Waals surface area contributed by atoms with E-state index in [4.69, 9.17) is 16.0 Å². The summed E-state index contributed by atoms with van der Waals surface area (Å²) in [6.45, 7) is 6.75. The van der Waals surface area contributed by atoms with Crippen molar-refractivity contribution < 1.29 is 4.42 Å². The van der Waals surface area contributed by atoms with Crippen LogP contribution in [0.3, 0.4) is 0 Å². The maximum atomic E-state index is 6.38. The molecule has 0 radical (unpaired) electrons. The SMILES string of the molecule is CCCNCc1c(Cl)cccc1N(C)Cc1ccoc1C. The number of aryl methyl sites for hydroxylation is 1. The van der Waals surface area contributed by atoms with E-state index in [9.17, 15) is 0 Å². The summed E-state index contributed by atoms with van der Waals surface area (Å²) < 4.78 is 5.37. The summed E-state index contributed by atoms with van der Waals surface area (Å²) in [5.74, 6) is 0.967. The average molecular weight is 307 g/mol. The van der Waals surface area contributed by atoms with Crippen LogP contribution < -0.4 is 10.2 Å². The number of hydrogen-bond acceptors (Lipinski definition) is 3. The Morgan fingerprint density at radius 2 is 2.10 bits per heavy atom. The van der Waals surface area contributed by atoms with E-state index in [1.807, 2.05) is 25.1 Å². The van der Waals surface area contributed by atoms with Gasteiger partial charge in [0.2, 0.25) is 0 Å². The van der Waals surface area contributed by atoms with Crippen LogP contribution in [-0.2, 0) is 13.1 Å². The molecule has 1 aromatic carbocycles. The monoisotopic (exact) mass is 306 g/mol. The third-order valence-electron chi connectivity index (χ3n) is 3.61. The molecule has 114 valence electrons. The Hall–Kier alpha value is -1.45. The van der Waals surface area contributed by atoms with Gasteiger partial charge in [-0.15, -0.1) is 0 Å². The first-order valence-corrected chi connectivity index (χ1v) is 7.73. The highest BCUT2D eigenvalue weighted by Gasteiger charge is 2.12. The summed E-state index contributed by atoms with van der Waals surface area (Å²) in [6.07, 6.45) is 2.85. The molecule has 0 aliphatic rings. The zero-order valence-electron chi connectivity index (χ0n) is 12.9. The minimum atomic E-state index is 0.789. The van der Waals surface area contributed by atoms with Crippen molar-refractivity contribution in [3.63, 3.8) is 0 Å². The van der Waals surface area contributed by atoms with E-state index in [1.54, 1.807) is 6.26 Å². The number of benzene rings is 1. The van der Waals surface area contributed by atoms with Gasteiger partial charge < -0.3 is 14.6 Å². The van der Waals surface area contributed by atoms with Gasteiger partial charge in [0.05, 0.1) is 6.26 Å². The minimum absolute atomic E-state index is 0.789. The normalized spacial score (nSPS) is 10.9. The van der Waals surface area contributed by atoms with Crippen molar-refractivity contribution in [2.45, 2.75) is 33.4 Å². The summed E-state index contributed by atoms with van der Waals surface area (Å²) in [5.41, 5.74) is 3.51. The van der Waals surface area contributed by atoms with Crippen molar-refractivity contribution in [2.75, 3.05) is 18.5 Å². The fraction of sp³-hybridized carbons (Fsp3) is 0.412. The van der Waals surface area contributed by atoms with E-state index in [-0.39, 0.29) is 0 Å². The molecule has 0 fully saturated rings. The van der Waals surface area contributed by atoms with E-state index in [0.717, 1.165) is 48.1 Å². The zero-order chi connectivity index (χ0) is 15.2. The van der Waals surface area contributed by atoms with E-state index in [2.05, 4.69) is 30.3 Å². The Kier molecular flexibility index (Phi) is 5.71. The molecular formula is C17H23ClN2O. The first-order chi connectivity index (χ1) is 10.1. The summed E-state index contributed by atoms with van der Waals surface area (Å²) in [4.78, 5) is 2.21. The van der Waals surface area contributed by atoms with Crippen LogP contribution in [0.2, 0.25) is 5.02 Å². The van der Waals surface area contributed by atoms with Crippen molar-refractivity contribution in [3.05, 3.63) is 52.4 Å². The van der Waals surface area contributed by atoms with Crippen molar-refractivity contribution in [2.24, 2.45) is 0 Å². The lowest BCUT2D eigenvalue weighted by molar-refractivity contribution is 0.529. The summed E-state index contributed by atoms with van der Waals surface area (Å²) in [6, 6.07) is 8.08. The van der Waals surface area contributed by atoms with Crippen LogP contribution in [0.5, 0.6) is 0 Å². The lowest BCUT2D eigenvalue weighted by Crippen LogP contribution is -2.21. The third-order valence-corrected chi connectivity index (χ3v) is 3.96. The highest BCUT2D eigenvalue weighted by molar-refractivity contribution is 6.31. The highest BCUT2D eigenvalue weighted by Crippen LogP contribution is 2.28. The van der Waals surface area contributed by atoms with Crippen LogP contribution in [0.25, 0.3) is 0 Å². The number of furan rings is 1. The van der Waals surface area contributed by atoms with E-state index in [0.29, 0.717) is 0 Å². The molecule has 0 saturated carbocycles. The number of halogens is 1. The van der Waals surface area contributed by atoms with Crippen LogP contribution in [0.15, 0.2) is 34.9 Å². The number of hydrogen-bond donors (Lipinski definition) is 1. The Labute approximate surface area is 131 Å². The van der Waals surface area contributed by atoms with E-state index in [1.165, 1.54) is 5.56 Å². The van der Waals surface area contributed by atoms with Gasteiger partial charge in [0, 0.05) is 42.0 Å². The lowest BCUT2D eigenvalue weighted by Gasteiger charge is -2.23. The Balaban J connectivity index is 2.17. The Morgan fingerprint density at radius 3 is 2.76 bits per heavy atom. The van der Waals surface area contributed by atoms with E-state index < -0.39 is 0 Å². The molecule has 0 bridgehead atoms. The first kappa shape index (κ1) is 15.9. The predicted octanol–water partition coefficient (Wildman–Crippen LogP) is 4.38. The molecule has 4 heteroatoms. The molecule has 0 amide bonds. The van der Waals surface area contributed by atoms with Crippen LogP contribution in [0.4, 0.5) is 5.69 Å². The number of rotatable bonds is 7. The van der Waals surface area contributed by atoms with Gasteiger partial charge in [-0.05, 0) is 38.1 Å². The molecule has 2 rings (SSSR count). The highest BCUT2D eigenvalue weighted by atomic mass is 35.5. The maximum absolute atomic E-state index is 6.38. The van der Waals surface area contributed by atoms with Crippen molar-refractivity contribution in [1.29, 1.82) is 0 Å². The second-order valence-corrected chi connectivity index (χ2v) is 5.68. The van der Waals surface area contributed by atoms with Gasteiger partial charge in [-0.1, -0.05) is 24.6 Å². The molecular weight excluding hydrogens is 284 g/mol. The average Bonchev–Trinajstić information content (AvgIpc) is 2.86. The Morgan fingerprint density at radius 1 is 1.29 bits per heavy atom. The fourth-order valence-electron chi connectivity index (χ4n) is 2.39. The van der Waals surface area contributed by atoms with Crippen LogP contribution >= 0.6 is 11.6 Å². The molecule has 2 aromatic rings. The van der Waals surface area contributed by atoms with Crippen LogP contribution in [-0.4, -0.2) is 13.6 Å². The molecule has 0 atom stereocenters. The molecule has 0 aliphatic heterocycles. The van der Waals surface area contributed by atoms with Gasteiger partial charge in [-0.2, -0.15) is 0 Å². The predicted molar refractivity (Wildman–Crippen MR) is 89.0 cm³/mol. The zero-order valence-corrected chi connectivity index (χ0v) is 13.7. The van der Waals surface area contributed by atoms with Gasteiger partial charge >= 0.3 is 0 Å². The fourth-order valence-corrected chi connectivity index (χ4v) is 2.62. The minimum Gasteiger partial charge on any atom is -0.469 e. The lowest BCUT2D eigenvalue weighted by atomic mass is 10.1. The molecule has 0 saturated heterocycles. The largest absolute Gasteiger partial charge is 0.469 e. The topological polar surface area (TPSA) is 28.4 Å². The number of nitrogens with one attached hydrogen (secondary N) is 1. The molecule has 0 unspecified atom stereocenters. The standard InChI is InChI=1S/C17H23ClN2O/c1-4-9-19-11-15-16(18)6-5-7-17(15)20(3)12-14-8-10-21-13(14)2/h5-8,10,19H,4,9,11-12H2,1-3H3. The number of nitrogens with zero attached hydrogens (tertiary/aromatic N) is 1. The quantitative estimate of drug-likeness (QED) is 0.770. The second-order valence-electron chi connectivity index (χ2n) is 5.27. The summed E-state index contributed by atoms with van der Waals surface area (Å²) >= 11 is 6.38. The van der Waals surface area contributed by atoms with Gasteiger partial charge in [-0.25, -0.2) is 0 Å². The molecule has 21 heavy (non-hydrogen) atoms. The number of anilines is 1. The molecule has 1 heterocycles. The molecule has 1 aromatic heterocycles. The molecule has 3 nitrogen and oxygen atoms in total. The van der Waals surface area contributed by atoms with E-state index >= 15 is 0 Å². The summed E-state index contributed by atoms with van der Waals surface area (Å²) in [7, 11) is 2.08. The van der Waals surface area contributed by atoms with Gasteiger partial charge in [0.15, 0.2) is 0 Å². The maximum Gasteiger partial charge on any atom is 0.105 e.